The zero-order valence-corrected chi connectivity index (χ0v) is 10.6. The van der Waals surface area contributed by atoms with Crippen LogP contribution < -0.4 is 5.73 Å². The molecule has 1 aliphatic rings. The standard InChI is InChI=1S/C13H19ClN2/c1-9-7-16(8-13(9)15)10(2)11-4-3-5-12(14)6-11/h3-6,9-10,13H,7-8,15H2,1-2H3. The lowest BCUT2D eigenvalue weighted by molar-refractivity contribution is 0.253. The molecule has 3 unspecified atom stereocenters. The minimum absolute atomic E-state index is 0.307. The van der Waals surface area contributed by atoms with Crippen molar-refractivity contribution in [2.75, 3.05) is 13.1 Å². The summed E-state index contributed by atoms with van der Waals surface area (Å²) in [6.45, 7) is 6.50. The molecule has 2 rings (SSSR count). The third-order valence-electron chi connectivity index (χ3n) is 3.58. The molecule has 1 heterocycles. The maximum Gasteiger partial charge on any atom is 0.0409 e. The van der Waals surface area contributed by atoms with Crippen LogP contribution in [0.3, 0.4) is 0 Å². The molecule has 0 radical (unpaired) electrons. The Balaban J connectivity index is 2.11. The molecule has 0 saturated carbocycles. The molecule has 1 aliphatic heterocycles. The largest absolute Gasteiger partial charge is 0.326 e. The van der Waals surface area contributed by atoms with Gasteiger partial charge in [-0.05, 0) is 30.5 Å². The molecule has 1 aromatic rings. The van der Waals surface area contributed by atoms with E-state index >= 15 is 0 Å². The first kappa shape index (κ1) is 11.9. The molecule has 88 valence electrons. The Labute approximate surface area is 102 Å². The van der Waals surface area contributed by atoms with Crippen LogP contribution in [0, 0.1) is 5.92 Å². The van der Waals surface area contributed by atoms with E-state index in [1.165, 1.54) is 5.56 Å². The number of nitrogens with zero attached hydrogens (tertiary/aromatic N) is 1. The van der Waals surface area contributed by atoms with Crippen LogP contribution in [0.25, 0.3) is 0 Å². The third-order valence-corrected chi connectivity index (χ3v) is 3.81. The van der Waals surface area contributed by atoms with Gasteiger partial charge in [-0.1, -0.05) is 30.7 Å². The highest BCUT2D eigenvalue weighted by molar-refractivity contribution is 6.30. The number of benzene rings is 1. The van der Waals surface area contributed by atoms with Crippen LogP contribution in [0.5, 0.6) is 0 Å². The lowest BCUT2D eigenvalue weighted by Gasteiger charge is -2.24. The minimum Gasteiger partial charge on any atom is -0.326 e. The highest BCUT2D eigenvalue weighted by Gasteiger charge is 2.29. The molecule has 3 atom stereocenters. The minimum atomic E-state index is 0.307. The van der Waals surface area contributed by atoms with E-state index in [0.29, 0.717) is 18.0 Å². The summed E-state index contributed by atoms with van der Waals surface area (Å²) in [6, 6.07) is 8.80. The summed E-state index contributed by atoms with van der Waals surface area (Å²) in [5.74, 6) is 0.585. The highest BCUT2D eigenvalue weighted by atomic mass is 35.5. The van der Waals surface area contributed by atoms with Gasteiger partial charge in [-0.3, -0.25) is 4.90 Å². The van der Waals surface area contributed by atoms with Gasteiger partial charge in [0, 0.05) is 30.2 Å². The molecular formula is C13H19ClN2. The second kappa shape index (κ2) is 4.74. The van der Waals surface area contributed by atoms with Crippen LogP contribution in [0.1, 0.15) is 25.5 Å². The van der Waals surface area contributed by atoms with Gasteiger partial charge in [0.1, 0.15) is 0 Å². The number of halogens is 1. The first-order chi connectivity index (χ1) is 7.58. The van der Waals surface area contributed by atoms with Crippen molar-refractivity contribution in [3.8, 4) is 0 Å². The highest BCUT2D eigenvalue weighted by Crippen LogP contribution is 2.27. The molecule has 1 fully saturated rings. The summed E-state index contributed by atoms with van der Waals surface area (Å²) in [6.07, 6.45) is 0. The molecule has 1 saturated heterocycles. The summed E-state index contributed by atoms with van der Waals surface area (Å²) in [5.41, 5.74) is 7.32. The average Bonchev–Trinajstić information content (AvgIpc) is 2.58. The van der Waals surface area contributed by atoms with Gasteiger partial charge in [0.15, 0.2) is 0 Å². The number of likely N-dealkylation sites (tertiary alicyclic amines) is 1. The molecule has 2 N–H and O–H groups in total. The molecule has 16 heavy (non-hydrogen) atoms. The fraction of sp³-hybridized carbons (Fsp3) is 0.538. The molecule has 2 nitrogen and oxygen atoms in total. The maximum atomic E-state index is 6.05. The van der Waals surface area contributed by atoms with Gasteiger partial charge in [-0.15, -0.1) is 0 Å². The monoisotopic (exact) mass is 238 g/mol. The lowest BCUT2D eigenvalue weighted by atomic mass is 10.1. The normalized spacial score (nSPS) is 28.2. The van der Waals surface area contributed by atoms with Crippen molar-refractivity contribution >= 4 is 11.6 Å². The van der Waals surface area contributed by atoms with E-state index in [-0.39, 0.29) is 0 Å². The first-order valence-corrected chi connectivity index (χ1v) is 6.21. The summed E-state index contributed by atoms with van der Waals surface area (Å²) in [7, 11) is 0. The Kier molecular flexibility index (Phi) is 3.53. The molecule has 0 spiro atoms. The van der Waals surface area contributed by atoms with Gasteiger partial charge in [-0.2, -0.15) is 0 Å². The van der Waals surface area contributed by atoms with Crippen molar-refractivity contribution < 1.29 is 0 Å². The predicted octanol–water partition coefficient (Wildman–Crippen LogP) is 2.68. The van der Waals surface area contributed by atoms with Crippen LogP contribution in [0.2, 0.25) is 5.02 Å². The number of rotatable bonds is 2. The molecular weight excluding hydrogens is 220 g/mol. The fourth-order valence-electron chi connectivity index (χ4n) is 2.32. The molecule has 0 aromatic heterocycles. The van der Waals surface area contributed by atoms with Crippen LogP contribution in [0.15, 0.2) is 24.3 Å². The van der Waals surface area contributed by atoms with Gasteiger partial charge in [0.05, 0.1) is 0 Å². The average molecular weight is 239 g/mol. The molecule has 0 aliphatic carbocycles. The Hall–Kier alpha value is -0.570. The summed E-state index contributed by atoms with van der Waals surface area (Å²) < 4.78 is 0. The smallest absolute Gasteiger partial charge is 0.0409 e. The Morgan fingerprint density at radius 3 is 2.75 bits per heavy atom. The lowest BCUT2D eigenvalue weighted by Crippen LogP contribution is -2.29. The quantitative estimate of drug-likeness (QED) is 0.859. The van der Waals surface area contributed by atoms with Crippen LogP contribution in [-0.4, -0.2) is 24.0 Å². The third kappa shape index (κ3) is 2.40. The van der Waals surface area contributed by atoms with Crippen LogP contribution in [-0.2, 0) is 0 Å². The van der Waals surface area contributed by atoms with Gasteiger partial charge in [0.2, 0.25) is 0 Å². The first-order valence-electron chi connectivity index (χ1n) is 5.83. The van der Waals surface area contributed by atoms with Crippen molar-refractivity contribution in [3.63, 3.8) is 0 Å². The number of hydrogen-bond acceptors (Lipinski definition) is 2. The second-order valence-electron chi connectivity index (χ2n) is 4.83. The van der Waals surface area contributed by atoms with Gasteiger partial charge >= 0.3 is 0 Å². The van der Waals surface area contributed by atoms with Crippen molar-refractivity contribution in [2.24, 2.45) is 11.7 Å². The topological polar surface area (TPSA) is 29.3 Å². The summed E-state index contributed by atoms with van der Waals surface area (Å²) >= 11 is 6.01. The molecule has 1 aromatic carbocycles. The van der Waals surface area contributed by atoms with E-state index in [0.717, 1.165) is 18.1 Å². The molecule has 0 amide bonds. The van der Waals surface area contributed by atoms with E-state index < -0.39 is 0 Å². The molecule has 0 bridgehead atoms. The summed E-state index contributed by atoms with van der Waals surface area (Å²) in [4.78, 5) is 2.43. The zero-order chi connectivity index (χ0) is 11.7. The van der Waals surface area contributed by atoms with Gasteiger partial charge in [-0.25, -0.2) is 0 Å². The molecule has 3 heteroatoms. The number of hydrogen-bond donors (Lipinski definition) is 1. The van der Waals surface area contributed by atoms with Gasteiger partial charge < -0.3 is 5.73 Å². The predicted molar refractivity (Wildman–Crippen MR) is 68.6 cm³/mol. The van der Waals surface area contributed by atoms with Crippen molar-refractivity contribution in [1.82, 2.24) is 4.90 Å². The van der Waals surface area contributed by atoms with E-state index in [9.17, 15) is 0 Å². The maximum absolute atomic E-state index is 6.05. The Morgan fingerprint density at radius 2 is 2.19 bits per heavy atom. The van der Waals surface area contributed by atoms with Crippen molar-refractivity contribution in [2.45, 2.75) is 25.9 Å². The van der Waals surface area contributed by atoms with E-state index in [1.54, 1.807) is 0 Å². The Morgan fingerprint density at radius 1 is 1.44 bits per heavy atom. The van der Waals surface area contributed by atoms with Crippen LogP contribution >= 0.6 is 11.6 Å². The SMILES string of the molecule is CC1CN(C(C)c2cccc(Cl)c2)CC1N. The summed E-state index contributed by atoms with van der Waals surface area (Å²) in [5, 5.41) is 0.806. The zero-order valence-electron chi connectivity index (χ0n) is 9.86. The van der Waals surface area contributed by atoms with E-state index in [2.05, 4.69) is 24.8 Å². The fourth-order valence-corrected chi connectivity index (χ4v) is 2.52. The Bertz CT molecular complexity index is 357. The second-order valence-corrected chi connectivity index (χ2v) is 5.26. The van der Waals surface area contributed by atoms with Gasteiger partial charge in [0.25, 0.3) is 0 Å². The van der Waals surface area contributed by atoms with Crippen LogP contribution in [0.4, 0.5) is 0 Å². The number of nitrogens with two attached hydrogens (primary N) is 1. The van der Waals surface area contributed by atoms with Crippen molar-refractivity contribution in [3.05, 3.63) is 34.9 Å². The van der Waals surface area contributed by atoms with Crippen molar-refractivity contribution in [1.29, 1.82) is 0 Å². The van der Waals surface area contributed by atoms with E-state index in [1.807, 2.05) is 18.2 Å². The van der Waals surface area contributed by atoms with E-state index in [4.69, 9.17) is 17.3 Å².